The Labute approximate surface area is 153 Å². The van der Waals surface area contributed by atoms with E-state index in [-0.39, 0.29) is 4.90 Å². The Kier molecular flexibility index (Phi) is 5.19. The van der Waals surface area contributed by atoms with Crippen molar-refractivity contribution in [2.24, 2.45) is 4.40 Å². The second kappa shape index (κ2) is 7.54. The van der Waals surface area contributed by atoms with Gasteiger partial charge < -0.3 is 9.84 Å². The van der Waals surface area contributed by atoms with E-state index in [1.54, 1.807) is 58.6 Å². The lowest BCUT2D eigenvalue weighted by Crippen LogP contribution is -2.15. The number of nitrogens with zero attached hydrogens (tertiary/aromatic N) is 2. The van der Waals surface area contributed by atoms with E-state index in [2.05, 4.69) is 4.40 Å². The summed E-state index contributed by atoms with van der Waals surface area (Å²) in [5, 5.41) is 10.4. The Morgan fingerprint density at radius 3 is 2.46 bits per heavy atom. The molecule has 7 nitrogen and oxygen atoms in total. The topological polar surface area (TPSA) is 98.0 Å². The van der Waals surface area contributed by atoms with Crippen LogP contribution in [0.25, 0.3) is 5.69 Å². The van der Waals surface area contributed by atoms with E-state index in [0.717, 1.165) is 0 Å². The Balaban J connectivity index is 1.93. The molecular weight excluding hydrogens is 376 g/mol. The van der Waals surface area contributed by atoms with Crippen molar-refractivity contribution in [2.45, 2.75) is 4.90 Å². The van der Waals surface area contributed by atoms with Crippen LogP contribution in [0.1, 0.15) is 0 Å². The summed E-state index contributed by atoms with van der Waals surface area (Å²) in [4.78, 5) is 10.9. The molecule has 0 aliphatic heterocycles. The average molecular weight is 390 g/mol. The summed E-state index contributed by atoms with van der Waals surface area (Å²) in [6.45, 7) is -0.430. The maximum atomic E-state index is 12.4. The van der Waals surface area contributed by atoms with Crippen molar-refractivity contribution in [3.05, 3.63) is 71.0 Å². The van der Waals surface area contributed by atoms with Crippen molar-refractivity contribution in [3.8, 4) is 11.4 Å². The molecule has 0 unspecified atom stereocenters. The van der Waals surface area contributed by atoms with Gasteiger partial charge in [0.25, 0.3) is 10.0 Å². The number of rotatable bonds is 6. The van der Waals surface area contributed by atoms with Crippen molar-refractivity contribution in [1.82, 2.24) is 4.57 Å². The fraction of sp³-hybridized carbons (Fsp3) is 0.0588. The summed E-state index contributed by atoms with van der Waals surface area (Å²) in [6, 6.07) is 14.6. The molecule has 0 fully saturated rings. The summed E-state index contributed by atoms with van der Waals surface area (Å²) in [5.41, 5.74) is 0.677. The maximum absolute atomic E-state index is 12.4. The first-order valence-electron chi connectivity index (χ1n) is 7.43. The van der Waals surface area contributed by atoms with Gasteiger partial charge in [0.2, 0.25) is 4.80 Å². The minimum atomic E-state index is -3.82. The Hall–Kier alpha value is -2.91. The first kappa shape index (κ1) is 17.9. The van der Waals surface area contributed by atoms with E-state index >= 15 is 0 Å². The monoisotopic (exact) mass is 390 g/mol. The normalized spacial score (nSPS) is 12.1. The highest BCUT2D eigenvalue weighted by Gasteiger charge is 2.12. The Morgan fingerprint density at radius 1 is 1.12 bits per heavy atom. The largest absolute Gasteiger partial charge is 0.482 e. The molecule has 1 N–H and O–H groups in total. The molecule has 26 heavy (non-hydrogen) atoms. The molecule has 0 saturated carbocycles. The number of carboxylic acids is 1. The number of carboxylic acid groups (broad SMARTS) is 1. The summed E-state index contributed by atoms with van der Waals surface area (Å²) in [6.07, 6.45) is 1.71. The molecule has 2 aromatic carbocycles. The van der Waals surface area contributed by atoms with Crippen LogP contribution in [0.15, 0.2) is 75.5 Å². The van der Waals surface area contributed by atoms with Gasteiger partial charge in [-0.2, -0.15) is 8.42 Å². The molecule has 0 saturated heterocycles. The lowest BCUT2D eigenvalue weighted by Gasteiger charge is -2.06. The molecule has 0 spiro atoms. The third kappa shape index (κ3) is 4.19. The smallest absolute Gasteiger partial charge is 0.341 e. The van der Waals surface area contributed by atoms with Crippen molar-refractivity contribution >= 4 is 27.3 Å². The maximum Gasteiger partial charge on any atom is 0.341 e. The minimum Gasteiger partial charge on any atom is -0.482 e. The molecule has 0 atom stereocenters. The quantitative estimate of drug-likeness (QED) is 0.696. The Morgan fingerprint density at radius 2 is 1.81 bits per heavy atom. The molecule has 0 aliphatic rings. The number of hydrogen-bond acceptors (Lipinski definition) is 5. The third-order valence-corrected chi connectivity index (χ3v) is 5.46. The number of sulfonamides is 1. The molecule has 0 bridgehead atoms. The zero-order chi connectivity index (χ0) is 18.6. The van der Waals surface area contributed by atoms with Crippen molar-refractivity contribution in [3.63, 3.8) is 0 Å². The number of thiazole rings is 1. The lowest BCUT2D eigenvalue weighted by molar-refractivity contribution is -0.139. The molecule has 9 heteroatoms. The number of hydrogen-bond donors (Lipinski definition) is 1. The Bertz CT molecular complexity index is 1070. The summed E-state index contributed by atoms with van der Waals surface area (Å²) >= 11 is 1.19. The van der Waals surface area contributed by atoms with Gasteiger partial charge in [0.15, 0.2) is 6.61 Å². The number of ether oxygens (including phenoxy) is 1. The molecule has 0 amide bonds. The van der Waals surface area contributed by atoms with Gasteiger partial charge in [-0.3, -0.25) is 4.57 Å². The molecule has 3 aromatic rings. The van der Waals surface area contributed by atoms with E-state index in [1.165, 1.54) is 23.5 Å². The van der Waals surface area contributed by atoms with Crippen LogP contribution in [0, 0.1) is 0 Å². The number of aromatic nitrogens is 1. The summed E-state index contributed by atoms with van der Waals surface area (Å²) in [7, 11) is -3.82. The van der Waals surface area contributed by atoms with Gasteiger partial charge in [-0.1, -0.05) is 18.2 Å². The van der Waals surface area contributed by atoms with Crippen LogP contribution in [-0.2, 0) is 14.8 Å². The van der Waals surface area contributed by atoms with Gasteiger partial charge in [-0.25, -0.2) is 4.79 Å². The van der Waals surface area contributed by atoms with Crippen LogP contribution in [0.3, 0.4) is 0 Å². The van der Waals surface area contributed by atoms with E-state index in [1.807, 2.05) is 0 Å². The fourth-order valence-corrected chi connectivity index (χ4v) is 4.08. The molecule has 1 heterocycles. The molecule has 0 radical (unpaired) electrons. The number of benzene rings is 2. The van der Waals surface area contributed by atoms with Gasteiger partial charge in [0.1, 0.15) is 5.75 Å². The second-order valence-electron chi connectivity index (χ2n) is 5.11. The van der Waals surface area contributed by atoms with E-state index in [0.29, 0.717) is 16.2 Å². The van der Waals surface area contributed by atoms with Crippen molar-refractivity contribution in [2.75, 3.05) is 6.61 Å². The first-order valence-corrected chi connectivity index (χ1v) is 9.75. The van der Waals surface area contributed by atoms with Gasteiger partial charge >= 0.3 is 5.97 Å². The lowest BCUT2D eigenvalue weighted by atomic mass is 10.3. The highest BCUT2D eigenvalue weighted by atomic mass is 32.2. The van der Waals surface area contributed by atoms with E-state index in [4.69, 9.17) is 9.84 Å². The van der Waals surface area contributed by atoms with Crippen molar-refractivity contribution < 1.29 is 23.1 Å². The van der Waals surface area contributed by atoms with Gasteiger partial charge in [0, 0.05) is 17.3 Å². The summed E-state index contributed by atoms with van der Waals surface area (Å²) < 4.78 is 35.5. The highest BCUT2D eigenvalue weighted by molar-refractivity contribution is 7.90. The first-order chi connectivity index (χ1) is 12.5. The van der Waals surface area contributed by atoms with E-state index in [9.17, 15) is 13.2 Å². The zero-order valence-electron chi connectivity index (χ0n) is 13.3. The molecular formula is C17H14N2O5S2. The van der Waals surface area contributed by atoms with E-state index < -0.39 is 22.6 Å². The predicted molar refractivity (Wildman–Crippen MR) is 96.0 cm³/mol. The van der Waals surface area contributed by atoms with Crippen LogP contribution in [-0.4, -0.2) is 30.7 Å². The predicted octanol–water partition coefficient (Wildman–Crippen LogP) is 2.29. The number of aliphatic carboxylic acids is 1. The summed E-state index contributed by atoms with van der Waals surface area (Å²) in [5.74, 6) is -0.657. The second-order valence-corrected chi connectivity index (χ2v) is 7.59. The number of carbonyl (C=O) groups is 1. The molecule has 0 aliphatic carbocycles. The third-order valence-electron chi connectivity index (χ3n) is 3.31. The standard InChI is InChI=1S/C17H14N2O5S2/c20-16(21)12-24-14-8-6-13(7-9-14)19-10-11-25-17(19)18-26(22,23)15-4-2-1-3-5-15/h1-11H,12H2,(H,20,21)/b18-17+. The van der Waals surface area contributed by atoms with Crippen LogP contribution in [0.2, 0.25) is 0 Å². The van der Waals surface area contributed by atoms with Gasteiger partial charge in [-0.15, -0.1) is 15.7 Å². The van der Waals surface area contributed by atoms with Crippen LogP contribution in [0.4, 0.5) is 0 Å². The van der Waals surface area contributed by atoms with Gasteiger partial charge in [-0.05, 0) is 36.4 Å². The fourth-order valence-electron chi connectivity index (χ4n) is 2.13. The minimum absolute atomic E-state index is 0.123. The molecule has 134 valence electrons. The SMILES string of the molecule is O=C(O)COc1ccc(-n2ccs/c2=N/S(=O)(=O)c2ccccc2)cc1. The van der Waals surface area contributed by atoms with Crippen molar-refractivity contribution in [1.29, 1.82) is 0 Å². The average Bonchev–Trinajstić information content (AvgIpc) is 3.08. The zero-order valence-corrected chi connectivity index (χ0v) is 15.0. The van der Waals surface area contributed by atoms with Crippen LogP contribution >= 0.6 is 11.3 Å². The van der Waals surface area contributed by atoms with Gasteiger partial charge in [0.05, 0.1) is 4.90 Å². The molecule has 3 rings (SSSR count). The van der Waals surface area contributed by atoms with Crippen LogP contribution in [0.5, 0.6) is 5.75 Å². The van der Waals surface area contributed by atoms with Crippen LogP contribution < -0.4 is 9.54 Å². The molecule has 1 aromatic heterocycles. The highest BCUT2D eigenvalue weighted by Crippen LogP contribution is 2.16.